The number of phenolic OH excluding ortho intramolecular Hbond substituents is 1. The second-order valence-electron chi connectivity index (χ2n) is 5.73. The molecule has 0 unspecified atom stereocenters. The molecule has 0 spiro atoms. The molecule has 0 atom stereocenters. The van der Waals surface area contributed by atoms with E-state index in [-0.39, 0.29) is 0 Å². The van der Waals surface area contributed by atoms with Crippen LogP contribution in [-0.2, 0) is 12.8 Å². The van der Waals surface area contributed by atoms with Crippen LogP contribution in [0.2, 0.25) is 0 Å². The molecule has 3 aromatic carbocycles. The predicted octanol–water partition coefficient (Wildman–Crippen LogP) is 4.88. The van der Waals surface area contributed by atoms with Crippen LogP contribution in [0.5, 0.6) is 5.75 Å². The Morgan fingerprint density at radius 1 is 0.682 bits per heavy atom. The fourth-order valence-corrected chi connectivity index (χ4v) is 2.75. The van der Waals surface area contributed by atoms with E-state index in [4.69, 9.17) is 0 Å². The van der Waals surface area contributed by atoms with Crippen LogP contribution in [0.15, 0.2) is 72.8 Å². The highest BCUT2D eigenvalue weighted by atomic mass is 16.3. The Kier molecular flexibility index (Phi) is 4.24. The zero-order valence-corrected chi connectivity index (χ0v) is 12.8. The molecule has 0 aliphatic rings. The number of rotatable bonds is 4. The highest BCUT2D eigenvalue weighted by Gasteiger charge is 2.08. The molecular weight excluding hydrogens is 268 g/mol. The average Bonchev–Trinajstić information content (AvgIpc) is 2.54. The monoisotopic (exact) mass is 288 g/mol. The minimum Gasteiger partial charge on any atom is -0.508 e. The molecule has 22 heavy (non-hydrogen) atoms. The first-order valence-corrected chi connectivity index (χ1v) is 7.61. The molecule has 3 rings (SSSR count). The van der Waals surface area contributed by atoms with E-state index in [1.807, 2.05) is 30.3 Å². The fourth-order valence-electron chi connectivity index (χ4n) is 2.75. The zero-order chi connectivity index (χ0) is 15.4. The van der Waals surface area contributed by atoms with Crippen molar-refractivity contribution in [1.29, 1.82) is 0 Å². The molecule has 0 saturated carbocycles. The van der Waals surface area contributed by atoms with Crippen molar-refractivity contribution in [3.63, 3.8) is 0 Å². The Bertz CT molecular complexity index is 683. The van der Waals surface area contributed by atoms with Crippen LogP contribution in [0, 0.1) is 6.92 Å². The van der Waals surface area contributed by atoms with Gasteiger partial charge in [0.1, 0.15) is 5.75 Å². The van der Waals surface area contributed by atoms with E-state index in [1.54, 1.807) is 0 Å². The van der Waals surface area contributed by atoms with Gasteiger partial charge in [-0.2, -0.15) is 0 Å². The summed E-state index contributed by atoms with van der Waals surface area (Å²) in [4.78, 5) is 0. The van der Waals surface area contributed by atoms with Gasteiger partial charge in [-0.3, -0.25) is 0 Å². The molecule has 0 aliphatic heterocycles. The second-order valence-corrected chi connectivity index (χ2v) is 5.73. The largest absolute Gasteiger partial charge is 0.508 e. The van der Waals surface area contributed by atoms with Crippen LogP contribution < -0.4 is 0 Å². The first kappa shape index (κ1) is 14.4. The van der Waals surface area contributed by atoms with Gasteiger partial charge in [-0.15, -0.1) is 0 Å². The van der Waals surface area contributed by atoms with Gasteiger partial charge in [0.05, 0.1) is 0 Å². The lowest BCUT2D eigenvalue weighted by molar-refractivity contribution is 0.468. The maximum atomic E-state index is 10.2. The number of benzene rings is 3. The third-order valence-corrected chi connectivity index (χ3v) is 4.01. The summed E-state index contributed by atoms with van der Waals surface area (Å²) >= 11 is 0. The molecule has 0 fully saturated rings. The van der Waals surface area contributed by atoms with E-state index < -0.39 is 0 Å². The molecule has 0 radical (unpaired) electrons. The first-order valence-electron chi connectivity index (χ1n) is 7.61. The van der Waals surface area contributed by atoms with Gasteiger partial charge in [0, 0.05) is 6.42 Å². The van der Waals surface area contributed by atoms with Crippen molar-refractivity contribution in [1.82, 2.24) is 0 Å². The van der Waals surface area contributed by atoms with Crippen molar-refractivity contribution in [2.75, 3.05) is 0 Å². The van der Waals surface area contributed by atoms with E-state index in [0.29, 0.717) is 5.75 Å². The van der Waals surface area contributed by atoms with Crippen molar-refractivity contribution in [3.8, 4) is 5.75 Å². The first-order chi connectivity index (χ1) is 10.7. The number of phenols is 1. The lowest BCUT2D eigenvalue weighted by Gasteiger charge is -2.12. The SMILES string of the molecule is Cc1cc(O)c(Cc2ccccc2)cc1Cc1ccccc1. The van der Waals surface area contributed by atoms with Gasteiger partial charge in [0.15, 0.2) is 0 Å². The number of aromatic hydroxyl groups is 1. The Morgan fingerprint density at radius 3 is 1.73 bits per heavy atom. The molecule has 0 amide bonds. The standard InChI is InChI=1S/C21H20O/c1-16-12-21(22)20(14-18-10-6-3-7-11-18)15-19(16)13-17-8-4-2-5-9-17/h2-12,15,22H,13-14H2,1H3. The highest BCUT2D eigenvalue weighted by Crippen LogP contribution is 2.26. The minimum atomic E-state index is 0.387. The Labute approximate surface area is 131 Å². The molecular formula is C21H20O. The molecule has 110 valence electrons. The zero-order valence-electron chi connectivity index (χ0n) is 12.8. The Morgan fingerprint density at radius 2 is 1.18 bits per heavy atom. The Balaban J connectivity index is 1.90. The van der Waals surface area contributed by atoms with E-state index in [2.05, 4.69) is 49.4 Å². The summed E-state index contributed by atoms with van der Waals surface area (Å²) in [5, 5.41) is 10.2. The number of hydrogen-bond acceptors (Lipinski definition) is 1. The van der Waals surface area contributed by atoms with Gasteiger partial charge < -0.3 is 5.11 Å². The lowest BCUT2D eigenvalue weighted by Crippen LogP contribution is -1.96. The molecule has 0 bridgehead atoms. The highest BCUT2D eigenvalue weighted by molar-refractivity contribution is 5.45. The molecule has 0 aromatic heterocycles. The Hall–Kier alpha value is -2.54. The van der Waals surface area contributed by atoms with Gasteiger partial charge in [0.2, 0.25) is 0 Å². The third-order valence-electron chi connectivity index (χ3n) is 4.01. The second kappa shape index (κ2) is 6.48. The molecule has 0 aliphatic carbocycles. The number of hydrogen-bond donors (Lipinski definition) is 1. The minimum absolute atomic E-state index is 0.387. The molecule has 0 saturated heterocycles. The summed E-state index contributed by atoms with van der Waals surface area (Å²) < 4.78 is 0. The van der Waals surface area contributed by atoms with Crippen LogP contribution in [0.3, 0.4) is 0 Å². The third kappa shape index (κ3) is 3.37. The van der Waals surface area contributed by atoms with E-state index in [0.717, 1.165) is 24.0 Å². The van der Waals surface area contributed by atoms with Crippen LogP contribution >= 0.6 is 0 Å². The van der Waals surface area contributed by atoms with Crippen molar-refractivity contribution in [2.45, 2.75) is 19.8 Å². The van der Waals surface area contributed by atoms with Gasteiger partial charge >= 0.3 is 0 Å². The smallest absolute Gasteiger partial charge is 0.119 e. The summed E-state index contributed by atoms with van der Waals surface area (Å²) in [6, 6.07) is 24.7. The lowest BCUT2D eigenvalue weighted by atomic mass is 9.95. The maximum Gasteiger partial charge on any atom is 0.119 e. The van der Waals surface area contributed by atoms with E-state index >= 15 is 0 Å². The van der Waals surface area contributed by atoms with Crippen LogP contribution in [0.25, 0.3) is 0 Å². The maximum absolute atomic E-state index is 10.2. The van der Waals surface area contributed by atoms with E-state index in [1.165, 1.54) is 16.7 Å². The van der Waals surface area contributed by atoms with E-state index in [9.17, 15) is 5.11 Å². The fraction of sp³-hybridized carbons (Fsp3) is 0.143. The molecule has 1 nitrogen and oxygen atoms in total. The summed E-state index contributed by atoms with van der Waals surface area (Å²) in [6.45, 7) is 2.06. The van der Waals surface area contributed by atoms with Crippen molar-refractivity contribution in [3.05, 3.63) is 101 Å². The van der Waals surface area contributed by atoms with Crippen LogP contribution in [-0.4, -0.2) is 5.11 Å². The molecule has 1 N–H and O–H groups in total. The van der Waals surface area contributed by atoms with Crippen molar-refractivity contribution < 1.29 is 5.11 Å². The summed E-state index contributed by atoms with van der Waals surface area (Å²) in [7, 11) is 0. The summed E-state index contributed by atoms with van der Waals surface area (Å²) in [6.07, 6.45) is 1.66. The molecule has 0 heterocycles. The topological polar surface area (TPSA) is 20.2 Å². The molecule has 3 aromatic rings. The van der Waals surface area contributed by atoms with Gasteiger partial charge in [-0.1, -0.05) is 66.7 Å². The van der Waals surface area contributed by atoms with Gasteiger partial charge in [-0.25, -0.2) is 0 Å². The normalized spacial score (nSPS) is 10.6. The van der Waals surface area contributed by atoms with Crippen LogP contribution in [0.4, 0.5) is 0 Å². The number of aryl methyl sites for hydroxylation is 1. The van der Waals surface area contributed by atoms with Gasteiger partial charge in [0.25, 0.3) is 0 Å². The van der Waals surface area contributed by atoms with Crippen molar-refractivity contribution in [2.24, 2.45) is 0 Å². The predicted molar refractivity (Wildman–Crippen MR) is 91.3 cm³/mol. The molecule has 1 heteroatoms. The summed E-state index contributed by atoms with van der Waals surface area (Å²) in [5.41, 5.74) is 5.91. The quantitative estimate of drug-likeness (QED) is 0.725. The van der Waals surface area contributed by atoms with Crippen LogP contribution in [0.1, 0.15) is 27.8 Å². The van der Waals surface area contributed by atoms with Gasteiger partial charge in [-0.05, 0) is 47.2 Å². The summed E-state index contributed by atoms with van der Waals surface area (Å²) in [5.74, 6) is 0.387. The van der Waals surface area contributed by atoms with Crippen molar-refractivity contribution >= 4 is 0 Å². The average molecular weight is 288 g/mol.